The number of hydrogen-bond donors (Lipinski definition) is 1. The van der Waals surface area contributed by atoms with Crippen LogP contribution >= 0.6 is 0 Å². The van der Waals surface area contributed by atoms with Crippen molar-refractivity contribution in [1.29, 1.82) is 0 Å². The Kier molecular flexibility index (Phi) is 2.46. The van der Waals surface area contributed by atoms with Crippen LogP contribution < -0.4 is 4.74 Å². The van der Waals surface area contributed by atoms with Crippen LogP contribution in [-0.2, 0) is 0 Å². The van der Waals surface area contributed by atoms with Gasteiger partial charge in [0.2, 0.25) is 0 Å². The van der Waals surface area contributed by atoms with Crippen molar-refractivity contribution in [1.82, 2.24) is 0 Å². The SMILES string of the molecule is Cc1cc(C)c2c(c1)[C@H](O)CCCO2. The van der Waals surface area contributed by atoms with Gasteiger partial charge >= 0.3 is 0 Å². The van der Waals surface area contributed by atoms with Crippen LogP contribution in [0, 0.1) is 13.8 Å². The first-order valence-corrected chi connectivity index (χ1v) is 5.10. The highest BCUT2D eigenvalue weighted by Crippen LogP contribution is 2.34. The van der Waals surface area contributed by atoms with Gasteiger partial charge in [-0.1, -0.05) is 11.6 Å². The lowest BCUT2D eigenvalue weighted by molar-refractivity contribution is 0.167. The van der Waals surface area contributed by atoms with Gasteiger partial charge in [0, 0.05) is 5.56 Å². The van der Waals surface area contributed by atoms with Crippen LogP contribution in [0.2, 0.25) is 0 Å². The number of rotatable bonds is 0. The van der Waals surface area contributed by atoms with Gasteiger partial charge in [0.05, 0.1) is 12.7 Å². The molecule has 1 heterocycles. The molecule has 1 atom stereocenters. The molecule has 1 aromatic carbocycles. The zero-order valence-electron chi connectivity index (χ0n) is 8.71. The van der Waals surface area contributed by atoms with E-state index in [0.717, 1.165) is 29.7 Å². The van der Waals surface area contributed by atoms with Crippen molar-refractivity contribution in [3.05, 3.63) is 28.8 Å². The molecule has 0 radical (unpaired) electrons. The van der Waals surface area contributed by atoms with Crippen LogP contribution in [0.5, 0.6) is 5.75 Å². The van der Waals surface area contributed by atoms with Crippen molar-refractivity contribution in [2.24, 2.45) is 0 Å². The summed E-state index contributed by atoms with van der Waals surface area (Å²) < 4.78 is 5.64. The molecular formula is C12H16O2. The molecule has 76 valence electrons. The molecule has 2 heteroatoms. The van der Waals surface area contributed by atoms with Crippen molar-refractivity contribution in [2.45, 2.75) is 32.8 Å². The highest BCUT2D eigenvalue weighted by Gasteiger charge is 2.19. The van der Waals surface area contributed by atoms with Crippen LogP contribution in [0.25, 0.3) is 0 Å². The van der Waals surface area contributed by atoms with E-state index in [0.29, 0.717) is 6.61 Å². The Balaban J connectivity index is 2.53. The zero-order valence-corrected chi connectivity index (χ0v) is 8.71. The molecule has 0 unspecified atom stereocenters. The largest absolute Gasteiger partial charge is 0.493 e. The van der Waals surface area contributed by atoms with Gasteiger partial charge in [-0.3, -0.25) is 0 Å². The molecule has 0 amide bonds. The molecule has 1 aromatic rings. The lowest BCUT2D eigenvalue weighted by Gasteiger charge is -2.14. The number of aliphatic hydroxyl groups excluding tert-OH is 1. The van der Waals surface area contributed by atoms with E-state index in [1.165, 1.54) is 5.56 Å². The number of aliphatic hydroxyl groups is 1. The predicted molar refractivity (Wildman–Crippen MR) is 55.6 cm³/mol. The summed E-state index contributed by atoms with van der Waals surface area (Å²) in [6.45, 7) is 4.79. The van der Waals surface area contributed by atoms with E-state index in [1.54, 1.807) is 0 Å². The molecule has 0 spiro atoms. The van der Waals surface area contributed by atoms with Crippen molar-refractivity contribution < 1.29 is 9.84 Å². The molecule has 2 nitrogen and oxygen atoms in total. The van der Waals surface area contributed by atoms with Crippen LogP contribution in [0.15, 0.2) is 12.1 Å². The van der Waals surface area contributed by atoms with Crippen LogP contribution in [0.4, 0.5) is 0 Å². The van der Waals surface area contributed by atoms with Crippen molar-refractivity contribution >= 4 is 0 Å². The van der Waals surface area contributed by atoms with E-state index in [2.05, 4.69) is 6.07 Å². The number of aryl methyl sites for hydroxylation is 2. The van der Waals surface area contributed by atoms with Gasteiger partial charge in [0.1, 0.15) is 5.75 Å². The lowest BCUT2D eigenvalue weighted by atomic mass is 10.00. The topological polar surface area (TPSA) is 29.5 Å². The summed E-state index contributed by atoms with van der Waals surface area (Å²) in [6.07, 6.45) is 1.37. The smallest absolute Gasteiger partial charge is 0.128 e. The molecule has 0 aliphatic carbocycles. The van der Waals surface area contributed by atoms with Gasteiger partial charge in [-0.05, 0) is 38.3 Å². The van der Waals surface area contributed by atoms with Gasteiger partial charge in [-0.25, -0.2) is 0 Å². The van der Waals surface area contributed by atoms with Crippen molar-refractivity contribution in [2.75, 3.05) is 6.61 Å². The Morgan fingerprint density at radius 1 is 1.36 bits per heavy atom. The van der Waals surface area contributed by atoms with Crippen molar-refractivity contribution in [3.8, 4) is 5.75 Å². The first-order valence-electron chi connectivity index (χ1n) is 5.10. The molecule has 1 N–H and O–H groups in total. The third kappa shape index (κ3) is 1.62. The monoisotopic (exact) mass is 192 g/mol. The summed E-state index contributed by atoms with van der Waals surface area (Å²) in [5.74, 6) is 0.889. The van der Waals surface area contributed by atoms with Gasteiger partial charge in [0.15, 0.2) is 0 Å². The van der Waals surface area contributed by atoms with Crippen LogP contribution in [-0.4, -0.2) is 11.7 Å². The maximum atomic E-state index is 9.91. The predicted octanol–water partition coefficient (Wildman–Crippen LogP) is 2.51. The normalized spacial score (nSPS) is 20.9. The van der Waals surface area contributed by atoms with Crippen LogP contribution in [0.1, 0.15) is 35.6 Å². The number of fused-ring (bicyclic) bond motifs is 1. The fourth-order valence-electron chi connectivity index (χ4n) is 2.04. The molecule has 1 aliphatic rings. The maximum absolute atomic E-state index is 9.91. The standard InChI is InChI=1S/C12H16O2/c1-8-6-9(2)12-10(7-8)11(13)4-3-5-14-12/h6-7,11,13H,3-5H2,1-2H3/t11-/m1/s1. The van der Waals surface area contributed by atoms with E-state index in [9.17, 15) is 5.11 Å². The summed E-state index contributed by atoms with van der Waals surface area (Å²) in [5.41, 5.74) is 3.27. The van der Waals surface area contributed by atoms with Gasteiger partial charge in [-0.2, -0.15) is 0 Å². The summed E-state index contributed by atoms with van der Waals surface area (Å²) >= 11 is 0. The third-order valence-electron chi connectivity index (χ3n) is 2.67. The Bertz CT molecular complexity index is 344. The van der Waals surface area contributed by atoms with Gasteiger partial charge in [-0.15, -0.1) is 0 Å². The number of benzene rings is 1. The maximum Gasteiger partial charge on any atom is 0.128 e. The zero-order chi connectivity index (χ0) is 10.1. The van der Waals surface area contributed by atoms with Gasteiger partial charge in [0.25, 0.3) is 0 Å². The van der Waals surface area contributed by atoms with E-state index < -0.39 is 0 Å². The quantitative estimate of drug-likeness (QED) is 0.684. The summed E-state index contributed by atoms with van der Waals surface area (Å²) in [7, 11) is 0. The third-order valence-corrected chi connectivity index (χ3v) is 2.67. The minimum absolute atomic E-state index is 0.355. The first kappa shape index (κ1) is 9.53. The van der Waals surface area contributed by atoms with E-state index in [-0.39, 0.29) is 6.10 Å². The number of ether oxygens (including phenoxy) is 1. The summed E-state index contributed by atoms with van der Waals surface area (Å²) in [6, 6.07) is 4.12. The molecule has 2 rings (SSSR count). The Hall–Kier alpha value is -1.02. The Morgan fingerprint density at radius 3 is 2.93 bits per heavy atom. The molecule has 0 bridgehead atoms. The molecule has 0 saturated heterocycles. The van der Waals surface area contributed by atoms with Crippen LogP contribution in [0.3, 0.4) is 0 Å². The second-order valence-electron chi connectivity index (χ2n) is 4.01. The molecule has 0 saturated carbocycles. The van der Waals surface area contributed by atoms with E-state index in [4.69, 9.17) is 4.74 Å². The molecular weight excluding hydrogens is 176 g/mol. The molecule has 14 heavy (non-hydrogen) atoms. The average molecular weight is 192 g/mol. The van der Waals surface area contributed by atoms with E-state index >= 15 is 0 Å². The second-order valence-corrected chi connectivity index (χ2v) is 4.01. The molecule has 1 aliphatic heterocycles. The fourth-order valence-corrected chi connectivity index (χ4v) is 2.04. The van der Waals surface area contributed by atoms with Crippen molar-refractivity contribution in [3.63, 3.8) is 0 Å². The minimum atomic E-state index is -0.355. The van der Waals surface area contributed by atoms with Gasteiger partial charge < -0.3 is 9.84 Å². The Morgan fingerprint density at radius 2 is 2.14 bits per heavy atom. The molecule has 0 fully saturated rings. The summed E-state index contributed by atoms with van der Waals surface area (Å²) in [4.78, 5) is 0. The highest BCUT2D eigenvalue weighted by atomic mass is 16.5. The minimum Gasteiger partial charge on any atom is -0.493 e. The Labute approximate surface area is 84.5 Å². The summed E-state index contributed by atoms with van der Waals surface area (Å²) in [5, 5.41) is 9.91. The van der Waals surface area contributed by atoms with E-state index in [1.807, 2.05) is 19.9 Å². The first-order chi connectivity index (χ1) is 6.68. The second kappa shape index (κ2) is 3.62. The fraction of sp³-hybridized carbons (Fsp3) is 0.500. The highest BCUT2D eigenvalue weighted by molar-refractivity contribution is 5.45. The lowest BCUT2D eigenvalue weighted by Crippen LogP contribution is -1.99. The number of hydrogen-bond acceptors (Lipinski definition) is 2. The molecule has 0 aromatic heterocycles. The average Bonchev–Trinajstić information content (AvgIpc) is 2.29.